The minimum Gasteiger partial charge on any atom is -0.364 e. The fourth-order valence-corrected chi connectivity index (χ4v) is 5.72. The van der Waals surface area contributed by atoms with Crippen LogP contribution >= 0.6 is 23.2 Å². The summed E-state index contributed by atoms with van der Waals surface area (Å²) < 4.78 is 0. The Balaban J connectivity index is 1.21. The van der Waals surface area contributed by atoms with Crippen molar-refractivity contribution in [2.75, 3.05) is 52.4 Å². The Kier molecular flexibility index (Phi) is 7.77. The molecule has 2 fully saturated rings. The summed E-state index contributed by atoms with van der Waals surface area (Å²) in [5, 5.41) is -0.0229. The van der Waals surface area contributed by atoms with E-state index in [-0.39, 0.29) is 33.0 Å². The monoisotopic (exact) mass is 524 g/mol. The largest absolute Gasteiger partial charge is 0.364 e. The van der Waals surface area contributed by atoms with Crippen molar-refractivity contribution in [3.8, 4) is 0 Å². The Morgan fingerprint density at radius 1 is 0.528 bits per heavy atom. The van der Waals surface area contributed by atoms with Gasteiger partial charge in [0.05, 0.1) is 0 Å². The zero-order chi connectivity index (χ0) is 25.1. The summed E-state index contributed by atoms with van der Waals surface area (Å²) in [6.45, 7) is 7.31. The molecule has 0 amide bonds. The lowest BCUT2D eigenvalue weighted by Gasteiger charge is -2.40. The molecule has 2 aliphatic heterocycles. The molecule has 0 unspecified atom stereocenters. The van der Waals surface area contributed by atoms with Crippen molar-refractivity contribution in [1.29, 1.82) is 0 Å². The maximum Gasteiger partial charge on any atom is 0.224 e. The number of hydrogen-bond donors (Lipinski definition) is 0. The highest BCUT2D eigenvalue weighted by atomic mass is 35.5. The quantitative estimate of drug-likeness (QED) is 0.537. The van der Waals surface area contributed by atoms with Gasteiger partial charge in [-0.2, -0.15) is 0 Å². The van der Waals surface area contributed by atoms with E-state index in [1.807, 2.05) is 46.2 Å². The molecule has 2 aromatic carbocycles. The highest BCUT2D eigenvalue weighted by Gasteiger charge is 2.39. The maximum absolute atomic E-state index is 13.3. The second kappa shape index (κ2) is 11.2. The third kappa shape index (κ3) is 5.37. The van der Waals surface area contributed by atoms with Crippen LogP contribution in [-0.4, -0.2) is 83.5 Å². The third-order valence-corrected chi connectivity index (χ3v) is 7.82. The molecular formula is C28H30Cl2N4O2. The predicted octanol–water partition coefficient (Wildman–Crippen LogP) is 3.67. The van der Waals surface area contributed by atoms with E-state index in [1.165, 1.54) is 11.1 Å². The SMILES string of the molecule is O=C1C(Cl)=C(N2CCN(Cc3ccccc3)CC2)C(=O)C(Cl)=C1N1CCN(Cc2ccccc2)CC1. The number of carbonyl (C=O) groups excluding carboxylic acids is 2. The Labute approximate surface area is 222 Å². The number of Topliss-reactive ketones (excluding diaryl/α,β-unsaturated/α-hetero) is 2. The van der Waals surface area contributed by atoms with E-state index in [4.69, 9.17) is 23.2 Å². The van der Waals surface area contributed by atoms with Crippen LogP contribution in [0.3, 0.4) is 0 Å². The topological polar surface area (TPSA) is 47.1 Å². The number of ketones is 2. The van der Waals surface area contributed by atoms with Gasteiger partial charge >= 0.3 is 0 Å². The van der Waals surface area contributed by atoms with E-state index < -0.39 is 0 Å². The molecule has 1 aliphatic carbocycles. The number of piperazine rings is 2. The van der Waals surface area contributed by atoms with Crippen LogP contribution in [0.2, 0.25) is 0 Å². The van der Waals surface area contributed by atoms with Crippen LogP contribution in [0.5, 0.6) is 0 Å². The van der Waals surface area contributed by atoms with E-state index in [0.29, 0.717) is 26.2 Å². The molecular weight excluding hydrogens is 495 g/mol. The van der Waals surface area contributed by atoms with Gasteiger partial charge in [0.15, 0.2) is 0 Å². The molecule has 0 atom stereocenters. The highest BCUT2D eigenvalue weighted by molar-refractivity contribution is 6.55. The minimum atomic E-state index is -0.348. The smallest absolute Gasteiger partial charge is 0.224 e. The average Bonchev–Trinajstić information content (AvgIpc) is 2.91. The molecule has 36 heavy (non-hydrogen) atoms. The Morgan fingerprint density at radius 3 is 1.19 bits per heavy atom. The van der Waals surface area contributed by atoms with Crippen molar-refractivity contribution in [2.24, 2.45) is 0 Å². The molecule has 0 saturated carbocycles. The molecule has 2 aromatic rings. The lowest BCUT2D eigenvalue weighted by molar-refractivity contribution is -0.118. The molecule has 3 aliphatic rings. The second-order valence-corrected chi connectivity index (χ2v) is 10.2. The van der Waals surface area contributed by atoms with Crippen molar-refractivity contribution in [2.45, 2.75) is 13.1 Å². The van der Waals surface area contributed by atoms with Gasteiger partial charge in [-0.05, 0) is 11.1 Å². The van der Waals surface area contributed by atoms with Gasteiger partial charge in [-0.15, -0.1) is 0 Å². The number of halogens is 2. The maximum atomic E-state index is 13.3. The zero-order valence-electron chi connectivity index (χ0n) is 20.2. The van der Waals surface area contributed by atoms with Gasteiger partial charge in [0.1, 0.15) is 21.5 Å². The van der Waals surface area contributed by atoms with E-state index >= 15 is 0 Å². The van der Waals surface area contributed by atoms with Crippen LogP contribution in [0.4, 0.5) is 0 Å². The Bertz CT molecular complexity index is 1070. The Hall–Kier alpha value is -2.64. The number of rotatable bonds is 6. The normalized spacial score (nSPS) is 20.5. The molecule has 0 radical (unpaired) electrons. The van der Waals surface area contributed by atoms with Crippen LogP contribution in [0.15, 0.2) is 82.1 Å². The predicted molar refractivity (Wildman–Crippen MR) is 142 cm³/mol. The number of carbonyl (C=O) groups is 2. The molecule has 5 rings (SSSR count). The summed E-state index contributed by atoms with van der Waals surface area (Å²) >= 11 is 13.1. The molecule has 2 heterocycles. The minimum absolute atomic E-state index is 0.0115. The van der Waals surface area contributed by atoms with Gasteiger partial charge in [0.25, 0.3) is 0 Å². The Morgan fingerprint density at radius 2 is 0.861 bits per heavy atom. The van der Waals surface area contributed by atoms with Gasteiger partial charge in [0, 0.05) is 65.4 Å². The lowest BCUT2D eigenvalue weighted by Crippen LogP contribution is -2.50. The van der Waals surface area contributed by atoms with E-state index in [9.17, 15) is 9.59 Å². The van der Waals surface area contributed by atoms with Gasteiger partial charge in [-0.25, -0.2) is 0 Å². The fourth-order valence-electron chi connectivity index (χ4n) is 5.13. The molecule has 8 heteroatoms. The van der Waals surface area contributed by atoms with E-state index in [2.05, 4.69) is 34.1 Å². The molecule has 0 spiro atoms. The number of nitrogens with zero attached hydrogens (tertiary/aromatic N) is 4. The number of allylic oxidation sites excluding steroid dienone is 2. The van der Waals surface area contributed by atoms with Crippen molar-refractivity contribution in [1.82, 2.24) is 19.6 Å². The summed E-state index contributed by atoms with van der Waals surface area (Å²) in [4.78, 5) is 35.2. The van der Waals surface area contributed by atoms with Crippen molar-refractivity contribution < 1.29 is 9.59 Å². The molecule has 2 saturated heterocycles. The first-order chi connectivity index (χ1) is 17.5. The molecule has 0 N–H and O–H groups in total. The summed E-state index contributed by atoms with van der Waals surface area (Å²) in [7, 11) is 0. The first-order valence-corrected chi connectivity index (χ1v) is 13.2. The fraction of sp³-hybridized carbons (Fsp3) is 0.357. The van der Waals surface area contributed by atoms with Crippen molar-refractivity contribution >= 4 is 34.8 Å². The summed E-state index contributed by atoms with van der Waals surface area (Å²) in [5.41, 5.74) is 3.01. The van der Waals surface area contributed by atoms with Gasteiger partial charge < -0.3 is 9.80 Å². The van der Waals surface area contributed by atoms with Crippen molar-refractivity contribution in [3.05, 3.63) is 93.2 Å². The van der Waals surface area contributed by atoms with E-state index in [0.717, 1.165) is 39.3 Å². The second-order valence-electron chi connectivity index (χ2n) is 9.48. The van der Waals surface area contributed by atoms with Gasteiger partial charge in [-0.3, -0.25) is 19.4 Å². The number of benzene rings is 2. The van der Waals surface area contributed by atoms with Crippen LogP contribution in [0.25, 0.3) is 0 Å². The number of hydrogen-bond acceptors (Lipinski definition) is 6. The van der Waals surface area contributed by atoms with Crippen LogP contribution in [-0.2, 0) is 22.7 Å². The third-order valence-electron chi connectivity index (χ3n) is 7.12. The van der Waals surface area contributed by atoms with Gasteiger partial charge in [0.2, 0.25) is 11.6 Å². The lowest BCUT2D eigenvalue weighted by atomic mass is 10.0. The first-order valence-electron chi connectivity index (χ1n) is 12.4. The van der Waals surface area contributed by atoms with Crippen LogP contribution < -0.4 is 0 Å². The highest BCUT2D eigenvalue weighted by Crippen LogP contribution is 2.34. The standard InChI is InChI=1S/C28H30Cl2N4O2/c29-23-25(33-15-11-31(12-16-33)19-21-7-3-1-4-8-21)27(35)24(30)26(28(23)36)34-17-13-32(14-18-34)20-22-9-5-2-6-10-22/h1-10H,11-20H2. The summed E-state index contributed by atoms with van der Waals surface area (Å²) in [6.07, 6.45) is 0. The summed E-state index contributed by atoms with van der Waals surface area (Å²) in [6, 6.07) is 20.6. The average molecular weight is 525 g/mol. The molecule has 0 bridgehead atoms. The van der Waals surface area contributed by atoms with E-state index in [1.54, 1.807) is 0 Å². The molecule has 0 aromatic heterocycles. The van der Waals surface area contributed by atoms with Crippen molar-refractivity contribution in [3.63, 3.8) is 0 Å². The first kappa shape index (κ1) is 25.0. The zero-order valence-corrected chi connectivity index (χ0v) is 21.7. The summed E-state index contributed by atoms with van der Waals surface area (Å²) in [5.74, 6) is -0.695. The molecule has 188 valence electrons. The molecule has 6 nitrogen and oxygen atoms in total. The van der Waals surface area contributed by atoms with Gasteiger partial charge in [-0.1, -0.05) is 83.9 Å². The van der Waals surface area contributed by atoms with Crippen LogP contribution in [0, 0.1) is 0 Å². The van der Waals surface area contributed by atoms with Crippen LogP contribution in [0.1, 0.15) is 11.1 Å².